The predicted molar refractivity (Wildman–Crippen MR) is 68.4 cm³/mol. The molecule has 106 valence electrons. The molecule has 0 bridgehead atoms. The number of ether oxygens (including phenoxy) is 1. The fourth-order valence-corrected chi connectivity index (χ4v) is 1.62. The second kappa shape index (κ2) is 8.55. The van der Waals surface area contributed by atoms with Gasteiger partial charge in [0.2, 0.25) is 0 Å². The lowest BCUT2D eigenvalue weighted by atomic mass is 10.0. The van der Waals surface area contributed by atoms with E-state index >= 15 is 0 Å². The number of rotatable bonds is 8. The molecule has 1 amide bonds. The third-order valence-corrected chi connectivity index (χ3v) is 2.45. The van der Waals surface area contributed by atoms with Crippen molar-refractivity contribution in [2.75, 3.05) is 26.3 Å². The van der Waals surface area contributed by atoms with Crippen LogP contribution in [0.4, 0.5) is 8.78 Å². The molecule has 0 spiro atoms. The van der Waals surface area contributed by atoms with E-state index in [0.717, 1.165) is 5.56 Å². The Morgan fingerprint density at radius 1 is 1.37 bits per heavy atom. The van der Waals surface area contributed by atoms with Gasteiger partial charge in [0, 0.05) is 12.1 Å². The molecule has 1 aromatic rings. The van der Waals surface area contributed by atoms with Crippen molar-refractivity contribution < 1.29 is 18.3 Å². The summed E-state index contributed by atoms with van der Waals surface area (Å²) in [6, 6.07) is 7.16. The standard InChI is InChI=1S/C13H18F2N2O2/c14-12(15)9-19-8-7-17-13(18)11-4-2-1-3-10(11)5-6-16/h1-4,12H,5-9,16H2,(H,17,18). The Morgan fingerprint density at radius 3 is 2.79 bits per heavy atom. The summed E-state index contributed by atoms with van der Waals surface area (Å²) in [4.78, 5) is 11.9. The first-order valence-electron chi connectivity index (χ1n) is 6.07. The first kappa shape index (κ1) is 15.5. The normalized spacial score (nSPS) is 10.7. The van der Waals surface area contributed by atoms with Crippen LogP contribution in [0.3, 0.4) is 0 Å². The van der Waals surface area contributed by atoms with Gasteiger partial charge < -0.3 is 15.8 Å². The molecule has 0 aromatic heterocycles. The van der Waals surface area contributed by atoms with Crippen LogP contribution in [0, 0.1) is 0 Å². The maximum absolute atomic E-state index is 11.9. The van der Waals surface area contributed by atoms with Crippen molar-refractivity contribution in [1.82, 2.24) is 5.32 Å². The van der Waals surface area contributed by atoms with E-state index in [4.69, 9.17) is 5.73 Å². The maximum Gasteiger partial charge on any atom is 0.261 e. The third-order valence-electron chi connectivity index (χ3n) is 2.45. The van der Waals surface area contributed by atoms with Gasteiger partial charge in [-0.25, -0.2) is 8.78 Å². The fraction of sp³-hybridized carbons (Fsp3) is 0.462. The first-order chi connectivity index (χ1) is 9.15. The summed E-state index contributed by atoms with van der Waals surface area (Å²) < 4.78 is 28.3. The summed E-state index contributed by atoms with van der Waals surface area (Å²) in [7, 11) is 0. The molecule has 0 radical (unpaired) electrons. The number of nitrogens with one attached hydrogen (secondary N) is 1. The lowest BCUT2D eigenvalue weighted by molar-refractivity contribution is 0.0188. The molecule has 0 saturated carbocycles. The molecular formula is C13H18F2N2O2. The Labute approximate surface area is 110 Å². The van der Waals surface area contributed by atoms with Crippen molar-refractivity contribution in [2.24, 2.45) is 5.73 Å². The molecule has 0 saturated heterocycles. The third kappa shape index (κ3) is 5.76. The summed E-state index contributed by atoms with van der Waals surface area (Å²) >= 11 is 0. The van der Waals surface area contributed by atoms with Gasteiger partial charge in [-0.15, -0.1) is 0 Å². The summed E-state index contributed by atoms with van der Waals surface area (Å²) in [6.45, 7) is 0.110. The Bertz CT molecular complexity index is 400. The highest BCUT2D eigenvalue weighted by Gasteiger charge is 2.09. The second-order valence-corrected chi connectivity index (χ2v) is 3.92. The summed E-state index contributed by atoms with van der Waals surface area (Å²) in [6.07, 6.45) is -1.87. The minimum atomic E-state index is -2.49. The number of benzene rings is 1. The van der Waals surface area contributed by atoms with E-state index in [1.165, 1.54) is 0 Å². The zero-order chi connectivity index (χ0) is 14.1. The van der Waals surface area contributed by atoms with Crippen LogP contribution in [0.25, 0.3) is 0 Å². The number of alkyl halides is 2. The van der Waals surface area contributed by atoms with Gasteiger partial charge in [-0.2, -0.15) is 0 Å². The minimum absolute atomic E-state index is 0.0646. The molecule has 0 unspecified atom stereocenters. The van der Waals surface area contributed by atoms with Crippen molar-refractivity contribution in [3.05, 3.63) is 35.4 Å². The van der Waals surface area contributed by atoms with Crippen molar-refractivity contribution in [3.63, 3.8) is 0 Å². The van der Waals surface area contributed by atoms with Gasteiger partial charge in [-0.3, -0.25) is 4.79 Å². The smallest absolute Gasteiger partial charge is 0.261 e. The molecule has 0 aliphatic rings. The largest absolute Gasteiger partial charge is 0.374 e. The molecule has 0 fully saturated rings. The number of halogens is 2. The van der Waals surface area contributed by atoms with Crippen LogP contribution < -0.4 is 11.1 Å². The molecule has 1 aromatic carbocycles. The van der Waals surface area contributed by atoms with Crippen molar-refractivity contribution in [2.45, 2.75) is 12.8 Å². The van der Waals surface area contributed by atoms with Crippen molar-refractivity contribution in [3.8, 4) is 0 Å². The Kier molecular flexibility index (Phi) is 6.99. The van der Waals surface area contributed by atoms with Crippen LogP contribution in [-0.2, 0) is 11.2 Å². The molecule has 0 aliphatic heterocycles. The molecule has 1 rings (SSSR count). The summed E-state index contributed by atoms with van der Waals surface area (Å²) in [5, 5.41) is 2.62. The van der Waals surface area contributed by atoms with Gasteiger partial charge in [0.05, 0.1) is 6.61 Å². The molecule has 19 heavy (non-hydrogen) atoms. The van der Waals surface area contributed by atoms with Crippen LogP contribution in [0.5, 0.6) is 0 Å². The predicted octanol–water partition coefficient (Wildman–Crippen LogP) is 1.20. The van der Waals surface area contributed by atoms with Crippen LogP contribution in [0.15, 0.2) is 24.3 Å². The van der Waals surface area contributed by atoms with Crippen molar-refractivity contribution >= 4 is 5.91 Å². The van der Waals surface area contributed by atoms with Crippen LogP contribution >= 0.6 is 0 Å². The summed E-state index contributed by atoms with van der Waals surface area (Å²) in [5.74, 6) is -0.246. The van der Waals surface area contributed by atoms with Gasteiger partial charge in [0.1, 0.15) is 6.61 Å². The van der Waals surface area contributed by atoms with Gasteiger partial charge >= 0.3 is 0 Å². The van der Waals surface area contributed by atoms with Crippen LogP contribution in [0.1, 0.15) is 15.9 Å². The zero-order valence-electron chi connectivity index (χ0n) is 10.6. The summed E-state index contributed by atoms with van der Waals surface area (Å²) in [5.41, 5.74) is 6.90. The topological polar surface area (TPSA) is 64.4 Å². The average molecular weight is 272 g/mol. The number of carbonyl (C=O) groups is 1. The molecule has 0 atom stereocenters. The lowest BCUT2D eigenvalue weighted by Crippen LogP contribution is -2.28. The van der Waals surface area contributed by atoms with E-state index < -0.39 is 13.0 Å². The van der Waals surface area contributed by atoms with Crippen LogP contribution in [-0.4, -0.2) is 38.6 Å². The fourth-order valence-electron chi connectivity index (χ4n) is 1.62. The SMILES string of the molecule is NCCc1ccccc1C(=O)NCCOCC(F)F. The quantitative estimate of drug-likeness (QED) is 0.699. The van der Waals surface area contributed by atoms with Gasteiger partial charge in [-0.1, -0.05) is 18.2 Å². The van der Waals surface area contributed by atoms with E-state index in [2.05, 4.69) is 10.1 Å². The number of nitrogens with two attached hydrogens (primary N) is 1. The lowest BCUT2D eigenvalue weighted by Gasteiger charge is -2.09. The molecule has 4 nitrogen and oxygen atoms in total. The average Bonchev–Trinajstić information content (AvgIpc) is 2.39. The number of hydrogen-bond acceptors (Lipinski definition) is 3. The van der Waals surface area contributed by atoms with E-state index in [1.807, 2.05) is 12.1 Å². The molecule has 3 N–H and O–H groups in total. The molecule has 6 heteroatoms. The molecule has 0 aliphatic carbocycles. The zero-order valence-corrected chi connectivity index (χ0v) is 10.6. The first-order valence-corrected chi connectivity index (χ1v) is 6.07. The number of amides is 1. The maximum atomic E-state index is 11.9. The van der Waals surface area contributed by atoms with E-state index in [0.29, 0.717) is 18.5 Å². The van der Waals surface area contributed by atoms with Gasteiger partial charge in [-0.05, 0) is 24.6 Å². The monoisotopic (exact) mass is 272 g/mol. The van der Waals surface area contributed by atoms with Crippen molar-refractivity contribution in [1.29, 1.82) is 0 Å². The number of hydrogen-bond donors (Lipinski definition) is 2. The Balaban J connectivity index is 2.41. The molecular weight excluding hydrogens is 254 g/mol. The van der Waals surface area contributed by atoms with E-state index in [-0.39, 0.29) is 19.1 Å². The number of carbonyl (C=O) groups excluding carboxylic acids is 1. The van der Waals surface area contributed by atoms with Crippen LogP contribution in [0.2, 0.25) is 0 Å². The Morgan fingerprint density at radius 2 is 2.11 bits per heavy atom. The highest BCUT2D eigenvalue weighted by molar-refractivity contribution is 5.95. The Hall–Kier alpha value is -1.53. The molecule has 0 heterocycles. The van der Waals surface area contributed by atoms with E-state index in [1.54, 1.807) is 12.1 Å². The van der Waals surface area contributed by atoms with E-state index in [9.17, 15) is 13.6 Å². The highest BCUT2D eigenvalue weighted by atomic mass is 19.3. The van der Waals surface area contributed by atoms with Gasteiger partial charge in [0.15, 0.2) is 0 Å². The highest BCUT2D eigenvalue weighted by Crippen LogP contribution is 2.08. The van der Waals surface area contributed by atoms with Gasteiger partial charge in [0.25, 0.3) is 12.3 Å². The minimum Gasteiger partial charge on any atom is -0.374 e. The second-order valence-electron chi connectivity index (χ2n) is 3.92.